The molecule has 2 saturated heterocycles. The molecule has 2 aliphatic rings. The quantitative estimate of drug-likeness (QED) is 0.801. The van der Waals surface area contributed by atoms with Crippen LogP contribution in [0, 0.1) is 0 Å². The van der Waals surface area contributed by atoms with Crippen LogP contribution in [0.4, 0.5) is 0 Å². The molecular formula is C18H28BNO2. The fourth-order valence-electron chi connectivity index (χ4n) is 3.25. The van der Waals surface area contributed by atoms with Crippen LogP contribution in [0.5, 0.6) is 0 Å². The highest BCUT2D eigenvalue weighted by atomic mass is 16.7. The van der Waals surface area contributed by atoms with E-state index in [1.807, 2.05) is 0 Å². The monoisotopic (exact) mass is 301 g/mol. The third-order valence-corrected chi connectivity index (χ3v) is 5.63. The number of rotatable bonds is 3. The first-order valence-corrected chi connectivity index (χ1v) is 8.50. The van der Waals surface area contributed by atoms with Gasteiger partial charge in [-0.2, -0.15) is 0 Å². The Morgan fingerprint density at radius 3 is 1.95 bits per heavy atom. The molecule has 0 saturated carbocycles. The van der Waals surface area contributed by atoms with Crippen LogP contribution >= 0.6 is 0 Å². The third kappa shape index (κ3) is 2.84. The Morgan fingerprint density at radius 1 is 0.955 bits per heavy atom. The van der Waals surface area contributed by atoms with Gasteiger partial charge in [0.15, 0.2) is 0 Å². The molecule has 0 aliphatic carbocycles. The molecule has 22 heavy (non-hydrogen) atoms. The van der Waals surface area contributed by atoms with Crippen molar-refractivity contribution in [1.29, 1.82) is 0 Å². The third-order valence-electron chi connectivity index (χ3n) is 5.63. The van der Waals surface area contributed by atoms with Crippen LogP contribution in [0.2, 0.25) is 0 Å². The second-order valence-electron chi connectivity index (χ2n) is 7.67. The number of benzene rings is 1. The lowest BCUT2D eigenvalue weighted by atomic mass is 9.78. The molecule has 120 valence electrons. The van der Waals surface area contributed by atoms with E-state index in [0.29, 0.717) is 6.04 Å². The highest BCUT2D eigenvalue weighted by Crippen LogP contribution is 2.36. The van der Waals surface area contributed by atoms with Crippen molar-refractivity contribution in [1.82, 2.24) is 4.90 Å². The van der Waals surface area contributed by atoms with Gasteiger partial charge in [-0.1, -0.05) is 24.3 Å². The Labute approximate surface area is 135 Å². The summed E-state index contributed by atoms with van der Waals surface area (Å²) in [7, 11) is -0.263. The van der Waals surface area contributed by atoms with E-state index in [2.05, 4.69) is 63.8 Å². The number of likely N-dealkylation sites (tertiary alicyclic amines) is 1. The van der Waals surface area contributed by atoms with Gasteiger partial charge in [-0.05, 0) is 71.6 Å². The Kier molecular flexibility index (Phi) is 4.13. The molecule has 4 heteroatoms. The summed E-state index contributed by atoms with van der Waals surface area (Å²) in [5, 5.41) is 0. The van der Waals surface area contributed by atoms with Crippen molar-refractivity contribution in [2.45, 2.75) is 64.7 Å². The van der Waals surface area contributed by atoms with Crippen molar-refractivity contribution in [2.75, 3.05) is 13.1 Å². The Morgan fingerprint density at radius 2 is 1.45 bits per heavy atom. The molecule has 1 aromatic carbocycles. The summed E-state index contributed by atoms with van der Waals surface area (Å²) in [6.07, 6.45) is 2.66. The first-order valence-electron chi connectivity index (χ1n) is 8.50. The molecule has 2 heterocycles. The maximum absolute atomic E-state index is 6.12. The fourth-order valence-corrected chi connectivity index (χ4v) is 3.25. The van der Waals surface area contributed by atoms with Crippen molar-refractivity contribution in [3.63, 3.8) is 0 Å². The highest BCUT2D eigenvalue weighted by molar-refractivity contribution is 6.62. The minimum Gasteiger partial charge on any atom is -0.399 e. The van der Waals surface area contributed by atoms with Crippen LogP contribution in [-0.4, -0.2) is 36.3 Å². The molecule has 2 fully saturated rings. The van der Waals surface area contributed by atoms with Gasteiger partial charge in [0.25, 0.3) is 0 Å². The standard InChI is InChI=1S/C18H28BNO2/c1-14(20-12-6-7-13-20)15-8-10-16(11-9-15)19-21-17(2,3)18(4,5)22-19/h8-11,14H,6-7,12-13H2,1-5H3/t14-/m0/s1. The van der Waals surface area contributed by atoms with Crippen molar-refractivity contribution in [3.8, 4) is 0 Å². The van der Waals surface area contributed by atoms with Crippen LogP contribution in [0.25, 0.3) is 0 Å². The zero-order valence-electron chi connectivity index (χ0n) is 14.6. The van der Waals surface area contributed by atoms with Gasteiger partial charge < -0.3 is 9.31 Å². The lowest BCUT2D eigenvalue weighted by molar-refractivity contribution is 0.00578. The molecule has 0 spiro atoms. The van der Waals surface area contributed by atoms with Gasteiger partial charge in [0, 0.05) is 6.04 Å². The molecule has 2 aliphatic heterocycles. The van der Waals surface area contributed by atoms with E-state index in [1.165, 1.54) is 31.5 Å². The van der Waals surface area contributed by atoms with Gasteiger partial charge in [-0.15, -0.1) is 0 Å². The minimum atomic E-state index is -0.279. The molecule has 0 amide bonds. The molecule has 1 atom stereocenters. The number of hydrogen-bond acceptors (Lipinski definition) is 3. The van der Waals surface area contributed by atoms with Crippen LogP contribution in [0.1, 0.15) is 59.1 Å². The second-order valence-corrected chi connectivity index (χ2v) is 7.67. The first-order chi connectivity index (χ1) is 10.3. The van der Waals surface area contributed by atoms with E-state index in [0.717, 1.165) is 5.46 Å². The molecule has 0 N–H and O–H groups in total. The summed E-state index contributed by atoms with van der Waals surface area (Å²) in [5.41, 5.74) is 1.93. The van der Waals surface area contributed by atoms with Gasteiger partial charge in [0.2, 0.25) is 0 Å². The molecule has 0 radical (unpaired) electrons. The van der Waals surface area contributed by atoms with Crippen LogP contribution in [-0.2, 0) is 9.31 Å². The fraction of sp³-hybridized carbons (Fsp3) is 0.667. The Bertz CT molecular complexity index is 504. The maximum Gasteiger partial charge on any atom is 0.494 e. The van der Waals surface area contributed by atoms with Crippen molar-refractivity contribution in [2.24, 2.45) is 0 Å². The Balaban J connectivity index is 1.72. The summed E-state index contributed by atoms with van der Waals surface area (Å²) in [6.45, 7) is 13.1. The largest absolute Gasteiger partial charge is 0.494 e. The SMILES string of the molecule is C[C@@H](c1ccc(B2OC(C)(C)C(C)(C)O2)cc1)N1CCCC1. The van der Waals surface area contributed by atoms with E-state index in [1.54, 1.807) is 0 Å². The van der Waals surface area contributed by atoms with Crippen molar-refractivity contribution in [3.05, 3.63) is 29.8 Å². The zero-order valence-corrected chi connectivity index (χ0v) is 14.6. The van der Waals surface area contributed by atoms with Crippen molar-refractivity contribution >= 4 is 12.6 Å². The van der Waals surface area contributed by atoms with Crippen LogP contribution in [0.15, 0.2) is 24.3 Å². The van der Waals surface area contributed by atoms with Gasteiger partial charge in [0.05, 0.1) is 11.2 Å². The molecular weight excluding hydrogens is 273 g/mol. The predicted molar refractivity (Wildman–Crippen MR) is 91.4 cm³/mol. The summed E-state index contributed by atoms with van der Waals surface area (Å²) >= 11 is 0. The lowest BCUT2D eigenvalue weighted by Crippen LogP contribution is -2.41. The van der Waals surface area contributed by atoms with Gasteiger partial charge in [-0.25, -0.2) is 0 Å². The molecule has 0 bridgehead atoms. The Hall–Kier alpha value is -0.835. The molecule has 1 aromatic rings. The maximum atomic E-state index is 6.12. The van der Waals surface area contributed by atoms with Gasteiger partial charge in [-0.3, -0.25) is 4.90 Å². The molecule has 3 rings (SSSR count). The van der Waals surface area contributed by atoms with Crippen molar-refractivity contribution < 1.29 is 9.31 Å². The van der Waals surface area contributed by atoms with Gasteiger partial charge >= 0.3 is 7.12 Å². The minimum absolute atomic E-state index is 0.263. The lowest BCUT2D eigenvalue weighted by Gasteiger charge is -2.32. The highest BCUT2D eigenvalue weighted by Gasteiger charge is 2.51. The molecule has 0 unspecified atom stereocenters. The smallest absolute Gasteiger partial charge is 0.399 e. The van der Waals surface area contributed by atoms with E-state index in [9.17, 15) is 0 Å². The molecule has 0 aromatic heterocycles. The first kappa shape index (κ1) is 16.0. The van der Waals surface area contributed by atoms with E-state index in [4.69, 9.17) is 9.31 Å². The normalized spacial score (nSPS) is 25.6. The van der Waals surface area contributed by atoms with E-state index < -0.39 is 0 Å². The molecule has 3 nitrogen and oxygen atoms in total. The zero-order chi connectivity index (χ0) is 16.0. The predicted octanol–water partition coefficient (Wildman–Crippen LogP) is 3.14. The summed E-state index contributed by atoms with van der Waals surface area (Å²) < 4.78 is 12.2. The number of hydrogen-bond donors (Lipinski definition) is 0. The van der Waals surface area contributed by atoms with E-state index in [-0.39, 0.29) is 18.3 Å². The van der Waals surface area contributed by atoms with Crippen LogP contribution < -0.4 is 5.46 Å². The average Bonchev–Trinajstić information content (AvgIpc) is 3.05. The summed E-state index contributed by atoms with van der Waals surface area (Å²) in [6, 6.07) is 9.26. The van der Waals surface area contributed by atoms with E-state index >= 15 is 0 Å². The summed E-state index contributed by atoms with van der Waals surface area (Å²) in [4.78, 5) is 2.56. The summed E-state index contributed by atoms with van der Waals surface area (Å²) in [5.74, 6) is 0. The second kappa shape index (κ2) is 5.66. The van der Waals surface area contributed by atoms with Gasteiger partial charge in [0.1, 0.15) is 0 Å². The number of nitrogens with zero attached hydrogens (tertiary/aromatic N) is 1. The average molecular weight is 301 g/mol. The topological polar surface area (TPSA) is 21.7 Å². The van der Waals surface area contributed by atoms with Crippen LogP contribution in [0.3, 0.4) is 0 Å².